The van der Waals surface area contributed by atoms with Crippen LogP contribution in [-0.2, 0) is 4.79 Å². The molecule has 1 rings (SSSR count). The lowest BCUT2D eigenvalue weighted by atomic mass is 10.0. The number of primary amides is 1. The van der Waals surface area contributed by atoms with Gasteiger partial charge in [0, 0.05) is 6.20 Å². The summed E-state index contributed by atoms with van der Waals surface area (Å²) in [7, 11) is 0. The molecule has 1 amide bonds. The second-order valence-electron chi connectivity index (χ2n) is 5.90. The first-order valence-corrected chi connectivity index (χ1v) is 8.54. The van der Waals surface area contributed by atoms with Crippen LogP contribution in [0.5, 0.6) is 0 Å². The van der Waals surface area contributed by atoms with Crippen molar-refractivity contribution in [2.45, 2.75) is 77.6 Å². The van der Waals surface area contributed by atoms with Gasteiger partial charge < -0.3 is 11.1 Å². The SMILES string of the molecule is CCCCCCCCCCCC[C]1C=CC(C(N)=O)=CN1. The summed E-state index contributed by atoms with van der Waals surface area (Å²) in [6, 6.07) is 1.18. The molecule has 0 saturated carbocycles. The molecular formula is C18H31N2O. The summed E-state index contributed by atoms with van der Waals surface area (Å²) >= 11 is 0. The number of carbonyl (C=O) groups excluding carboxylic acids is 1. The van der Waals surface area contributed by atoms with Gasteiger partial charge in [-0.25, -0.2) is 0 Å². The standard InChI is InChI=1S/C18H31N2O/c1-2-3-4-5-6-7-8-9-10-11-12-17-14-13-16(15-20-17)18(19)21/h13-15,20H,2-12H2,1H3,(H2,19,21). The van der Waals surface area contributed by atoms with E-state index in [1.54, 1.807) is 12.3 Å². The van der Waals surface area contributed by atoms with Gasteiger partial charge in [-0.1, -0.05) is 77.2 Å². The van der Waals surface area contributed by atoms with Gasteiger partial charge in [-0.15, -0.1) is 0 Å². The number of hydrogen-bond donors (Lipinski definition) is 2. The van der Waals surface area contributed by atoms with Crippen molar-refractivity contribution in [2.75, 3.05) is 0 Å². The van der Waals surface area contributed by atoms with Crippen molar-refractivity contribution >= 4 is 5.91 Å². The Labute approximate surface area is 130 Å². The zero-order valence-electron chi connectivity index (χ0n) is 13.5. The Morgan fingerprint density at radius 2 is 1.52 bits per heavy atom. The molecule has 0 fully saturated rings. The fourth-order valence-electron chi connectivity index (χ4n) is 2.57. The lowest BCUT2D eigenvalue weighted by molar-refractivity contribution is -0.114. The summed E-state index contributed by atoms with van der Waals surface area (Å²) in [5.41, 5.74) is 5.75. The Morgan fingerprint density at radius 1 is 0.952 bits per heavy atom. The van der Waals surface area contributed by atoms with Gasteiger partial charge in [0.05, 0.1) is 11.6 Å². The molecule has 0 atom stereocenters. The largest absolute Gasteiger partial charge is 0.379 e. The minimum Gasteiger partial charge on any atom is -0.379 e. The van der Waals surface area contributed by atoms with Crippen LogP contribution in [0.1, 0.15) is 77.6 Å². The molecular weight excluding hydrogens is 260 g/mol. The average Bonchev–Trinajstić information content (AvgIpc) is 2.49. The molecule has 1 aliphatic rings. The van der Waals surface area contributed by atoms with Gasteiger partial charge in [0.25, 0.3) is 0 Å². The van der Waals surface area contributed by atoms with E-state index in [-0.39, 0.29) is 5.91 Å². The number of carbonyl (C=O) groups is 1. The minimum absolute atomic E-state index is 0.378. The molecule has 0 bridgehead atoms. The van der Waals surface area contributed by atoms with E-state index in [1.807, 2.05) is 6.08 Å². The first-order valence-electron chi connectivity index (χ1n) is 8.54. The molecule has 0 aliphatic carbocycles. The molecule has 0 aromatic heterocycles. The van der Waals surface area contributed by atoms with Crippen LogP contribution in [0.25, 0.3) is 0 Å². The highest BCUT2D eigenvalue weighted by Gasteiger charge is 2.10. The Bertz CT molecular complexity index is 347. The summed E-state index contributed by atoms with van der Waals surface area (Å²) in [5.74, 6) is -0.378. The Kier molecular flexibility index (Phi) is 9.68. The third kappa shape index (κ3) is 8.59. The second-order valence-corrected chi connectivity index (χ2v) is 5.90. The van der Waals surface area contributed by atoms with Crippen LogP contribution in [-0.4, -0.2) is 5.91 Å². The molecule has 3 heteroatoms. The fraction of sp³-hybridized carbons (Fsp3) is 0.667. The van der Waals surface area contributed by atoms with Crippen molar-refractivity contribution in [1.82, 2.24) is 5.32 Å². The van der Waals surface area contributed by atoms with Crippen LogP contribution in [0.2, 0.25) is 0 Å². The van der Waals surface area contributed by atoms with Gasteiger partial charge >= 0.3 is 0 Å². The van der Waals surface area contributed by atoms with Crippen LogP contribution in [0.3, 0.4) is 0 Å². The summed E-state index contributed by atoms with van der Waals surface area (Å²) in [4.78, 5) is 11.0. The molecule has 1 radical (unpaired) electrons. The van der Waals surface area contributed by atoms with Crippen molar-refractivity contribution in [1.29, 1.82) is 0 Å². The zero-order chi connectivity index (χ0) is 15.3. The third-order valence-electron chi connectivity index (χ3n) is 3.96. The van der Waals surface area contributed by atoms with Crippen LogP contribution in [0.4, 0.5) is 0 Å². The molecule has 21 heavy (non-hydrogen) atoms. The molecule has 0 aromatic rings. The van der Waals surface area contributed by atoms with Crippen molar-refractivity contribution in [3.63, 3.8) is 0 Å². The summed E-state index contributed by atoms with van der Waals surface area (Å²) in [5, 5.41) is 3.15. The average molecular weight is 291 g/mol. The molecule has 0 saturated heterocycles. The van der Waals surface area contributed by atoms with Gasteiger partial charge in [-0.3, -0.25) is 4.79 Å². The number of nitrogens with one attached hydrogen (secondary N) is 1. The third-order valence-corrected chi connectivity index (χ3v) is 3.96. The van der Waals surface area contributed by atoms with E-state index in [9.17, 15) is 4.79 Å². The summed E-state index contributed by atoms with van der Waals surface area (Å²) in [6.45, 7) is 2.26. The molecule has 1 heterocycles. The van der Waals surface area contributed by atoms with Crippen LogP contribution in [0, 0.1) is 6.04 Å². The highest BCUT2D eigenvalue weighted by molar-refractivity contribution is 5.95. The predicted octanol–water partition coefficient (Wildman–Crippen LogP) is 4.36. The molecule has 3 N–H and O–H groups in total. The maximum Gasteiger partial charge on any atom is 0.250 e. The quantitative estimate of drug-likeness (QED) is 0.525. The highest BCUT2D eigenvalue weighted by Crippen LogP contribution is 2.17. The molecule has 0 aromatic carbocycles. The van der Waals surface area contributed by atoms with E-state index in [0.717, 1.165) is 6.42 Å². The zero-order valence-corrected chi connectivity index (χ0v) is 13.5. The second kappa shape index (κ2) is 11.4. The lowest BCUT2D eigenvalue weighted by Gasteiger charge is -2.16. The van der Waals surface area contributed by atoms with Crippen molar-refractivity contribution < 1.29 is 4.79 Å². The van der Waals surface area contributed by atoms with E-state index in [1.165, 1.54) is 70.3 Å². The Balaban J connectivity index is 1.90. The normalized spacial score (nSPS) is 14.8. The summed E-state index contributed by atoms with van der Waals surface area (Å²) in [6.07, 6.45) is 20.1. The highest BCUT2D eigenvalue weighted by atomic mass is 16.1. The molecule has 3 nitrogen and oxygen atoms in total. The molecule has 0 unspecified atom stereocenters. The van der Waals surface area contributed by atoms with Crippen LogP contribution < -0.4 is 11.1 Å². The first kappa shape index (κ1) is 17.8. The van der Waals surface area contributed by atoms with E-state index in [4.69, 9.17) is 5.73 Å². The monoisotopic (exact) mass is 291 g/mol. The van der Waals surface area contributed by atoms with E-state index in [0.29, 0.717) is 5.57 Å². The van der Waals surface area contributed by atoms with Gasteiger partial charge in [-0.05, 0) is 12.5 Å². The number of rotatable bonds is 12. The molecule has 1 aliphatic heterocycles. The van der Waals surface area contributed by atoms with Crippen LogP contribution in [0.15, 0.2) is 23.9 Å². The first-order chi connectivity index (χ1) is 10.2. The topological polar surface area (TPSA) is 55.1 Å². The van der Waals surface area contributed by atoms with Gasteiger partial charge in [0.2, 0.25) is 5.91 Å². The molecule has 0 spiro atoms. The number of hydrogen-bond acceptors (Lipinski definition) is 2. The Morgan fingerprint density at radius 3 is 2.00 bits per heavy atom. The number of dihydropyridines is 1. The van der Waals surface area contributed by atoms with E-state index in [2.05, 4.69) is 12.2 Å². The minimum atomic E-state index is -0.378. The summed E-state index contributed by atoms with van der Waals surface area (Å²) < 4.78 is 0. The smallest absolute Gasteiger partial charge is 0.250 e. The van der Waals surface area contributed by atoms with Gasteiger partial charge in [0.15, 0.2) is 0 Å². The fourth-order valence-corrected chi connectivity index (χ4v) is 2.57. The predicted molar refractivity (Wildman–Crippen MR) is 89.3 cm³/mol. The van der Waals surface area contributed by atoms with Crippen molar-refractivity contribution in [3.05, 3.63) is 30.0 Å². The van der Waals surface area contributed by atoms with Crippen molar-refractivity contribution in [2.24, 2.45) is 5.73 Å². The Hall–Kier alpha value is -1.25. The van der Waals surface area contributed by atoms with Gasteiger partial charge in [0.1, 0.15) is 0 Å². The van der Waals surface area contributed by atoms with E-state index < -0.39 is 0 Å². The lowest BCUT2D eigenvalue weighted by Crippen LogP contribution is -2.22. The van der Waals surface area contributed by atoms with Crippen LogP contribution >= 0.6 is 0 Å². The van der Waals surface area contributed by atoms with E-state index >= 15 is 0 Å². The number of unbranched alkanes of at least 4 members (excludes halogenated alkanes) is 9. The maximum atomic E-state index is 11.0. The van der Waals surface area contributed by atoms with Gasteiger partial charge in [-0.2, -0.15) is 0 Å². The molecule has 119 valence electrons. The number of nitrogens with two attached hydrogens (primary N) is 1. The number of amides is 1. The maximum absolute atomic E-state index is 11.0. The van der Waals surface area contributed by atoms with Crippen molar-refractivity contribution in [3.8, 4) is 0 Å².